The Hall–Kier alpha value is -1.61. The van der Waals surface area contributed by atoms with Crippen LogP contribution in [0, 0.1) is 0 Å². The lowest BCUT2D eigenvalue weighted by atomic mass is 9.83. The maximum Gasteiger partial charge on any atom is 0.110 e. The first-order valence-corrected chi connectivity index (χ1v) is 7.74. The van der Waals surface area contributed by atoms with Gasteiger partial charge in [-0.15, -0.1) is 6.58 Å². The van der Waals surface area contributed by atoms with Gasteiger partial charge in [0.1, 0.15) is 11.6 Å². The van der Waals surface area contributed by atoms with Crippen molar-refractivity contribution in [1.82, 2.24) is 5.32 Å². The number of nitrogens with one attached hydrogen (secondary N) is 1. The Morgan fingerprint density at radius 2 is 2.24 bits per heavy atom. The molecule has 0 radical (unpaired) electrons. The Labute approximate surface area is 128 Å². The lowest BCUT2D eigenvalue weighted by Gasteiger charge is -2.37. The number of unbranched alkanes of at least 4 members (excludes halogenated alkanes) is 3. The number of aliphatic imine (C=N–C) groups is 1. The molecule has 2 rings (SSSR count). The second kappa shape index (κ2) is 7.41. The van der Waals surface area contributed by atoms with E-state index in [-0.39, 0.29) is 11.6 Å². The zero-order valence-corrected chi connectivity index (χ0v) is 13.1. The van der Waals surface area contributed by atoms with Gasteiger partial charge in [0.25, 0.3) is 0 Å². The standard InChI is InChI=1S/C18H26N2O/c1-4-5-6-7-8-13-19-16-11-14-20-17-15(16)10-9-12-18(17,2)21-3/h4,9-12,14,17,19H,1,5-8,13H2,2-3H3. The Kier molecular flexibility index (Phi) is 5.57. The fourth-order valence-corrected chi connectivity index (χ4v) is 2.75. The second-order valence-electron chi connectivity index (χ2n) is 5.71. The average Bonchev–Trinajstić information content (AvgIpc) is 2.51. The van der Waals surface area contributed by atoms with E-state index in [1.54, 1.807) is 7.11 Å². The fraction of sp³-hybridized carbons (Fsp3) is 0.500. The van der Waals surface area contributed by atoms with Gasteiger partial charge in [-0.05, 0) is 32.3 Å². The average molecular weight is 286 g/mol. The topological polar surface area (TPSA) is 33.6 Å². The van der Waals surface area contributed by atoms with Gasteiger partial charge in [0.2, 0.25) is 0 Å². The van der Waals surface area contributed by atoms with Crippen LogP contribution in [-0.2, 0) is 4.74 Å². The molecule has 1 aliphatic carbocycles. The zero-order chi connectivity index (χ0) is 15.1. The van der Waals surface area contributed by atoms with E-state index in [4.69, 9.17) is 4.74 Å². The Balaban J connectivity index is 1.91. The molecule has 3 nitrogen and oxygen atoms in total. The summed E-state index contributed by atoms with van der Waals surface area (Å²) in [7, 11) is 1.74. The SMILES string of the molecule is C=CCCCCCNC1=CC=NC2C1=CC=CC2(C)OC. The van der Waals surface area contributed by atoms with Crippen molar-refractivity contribution in [3.05, 3.63) is 48.2 Å². The van der Waals surface area contributed by atoms with Gasteiger partial charge in [-0.25, -0.2) is 0 Å². The van der Waals surface area contributed by atoms with Crippen molar-refractivity contribution in [2.45, 2.75) is 44.2 Å². The van der Waals surface area contributed by atoms with E-state index in [1.807, 2.05) is 12.3 Å². The zero-order valence-electron chi connectivity index (χ0n) is 13.1. The lowest BCUT2D eigenvalue weighted by Crippen LogP contribution is -2.43. The highest BCUT2D eigenvalue weighted by atomic mass is 16.5. The van der Waals surface area contributed by atoms with E-state index < -0.39 is 0 Å². The number of nitrogens with zero attached hydrogens (tertiary/aromatic N) is 1. The Morgan fingerprint density at radius 3 is 3.00 bits per heavy atom. The van der Waals surface area contributed by atoms with Crippen molar-refractivity contribution < 1.29 is 4.74 Å². The van der Waals surface area contributed by atoms with Crippen LogP contribution in [0.5, 0.6) is 0 Å². The van der Waals surface area contributed by atoms with Crippen molar-refractivity contribution in [2.24, 2.45) is 4.99 Å². The minimum Gasteiger partial charge on any atom is -0.385 e. The van der Waals surface area contributed by atoms with Crippen LogP contribution in [0.15, 0.2) is 53.2 Å². The molecule has 2 unspecified atom stereocenters. The summed E-state index contributed by atoms with van der Waals surface area (Å²) in [6, 6.07) is 0.0424. The summed E-state index contributed by atoms with van der Waals surface area (Å²) in [6.45, 7) is 6.83. The van der Waals surface area contributed by atoms with Crippen LogP contribution >= 0.6 is 0 Å². The Bertz CT molecular complexity index is 487. The molecule has 0 aromatic carbocycles. The summed E-state index contributed by atoms with van der Waals surface area (Å²) >= 11 is 0. The van der Waals surface area contributed by atoms with Crippen LogP contribution in [0.1, 0.15) is 32.6 Å². The molecule has 0 aromatic rings. The normalized spacial score (nSPS) is 26.9. The first-order valence-electron chi connectivity index (χ1n) is 7.74. The molecule has 21 heavy (non-hydrogen) atoms. The summed E-state index contributed by atoms with van der Waals surface area (Å²) in [5, 5.41) is 3.55. The van der Waals surface area contributed by atoms with Crippen molar-refractivity contribution in [2.75, 3.05) is 13.7 Å². The molecule has 0 saturated heterocycles. The van der Waals surface area contributed by atoms with E-state index in [0.717, 1.165) is 13.0 Å². The van der Waals surface area contributed by atoms with Crippen molar-refractivity contribution in [1.29, 1.82) is 0 Å². The number of dihydropyridines is 1. The minimum absolute atomic E-state index is 0.0424. The van der Waals surface area contributed by atoms with Gasteiger partial charge in [0.15, 0.2) is 0 Å². The molecular formula is C18H26N2O. The predicted octanol–water partition coefficient (Wildman–Crippen LogP) is 3.56. The van der Waals surface area contributed by atoms with E-state index >= 15 is 0 Å². The van der Waals surface area contributed by atoms with Gasteiger partial charge >= 0.3 is 0 Å². The molecule has 2 atom stereocenters. The molecular weight excluding hydrogens is 260 g/mol. The van der Waals surface area contributed by atoms with Crippen molar-refractivity contribution in [3.63, 3.8) is 0 Å². The first kappa shape index (κ1) is 15.8. The smallest absolute Gasteiger partial charge is 0.110 e. The molecule has 2 aliphatic rings. The molecule has 0 saturated carbocycles. The molecule has 0 fully saturated rings. The number of rotatable bonds is 8. The van der Waals surface area contributed by atoms with Gasteiger partial charge < -0.3 is 10.1 Å². The van der Waals surface area contributed by atoms with Crippen LogP contribution in [0.25, 0.3) is 0 Å². The van der Waals surface area contributed by atoms with E-state index in [0.29, 0.717) is 0 Å². The minimum atomic E-state index is -0.355. The van der Waals surface area contributed by atoms with Crippen LogP contribution in [0.2, 0.25) is 0 Å². The molecule has 0 spiro atoms. The van der Waals surface area contributed by atoms with Gasteiger partial charge in [-0.2, -0.15) is 0 Å². The molecule has 0 aromatic heterocycles. The molecule has 1 N–H and O–H groups in total. The fourth-order valence-electron chi connectivity index (χ4n) is 2.75. The largest absolute Gasteiger partial charge is 0.385 e. The highest BCUT2D eigenvalue weighted by Crippen LogP contribution is 2.33. The molecule has 0 bridgehead atoms. The number of methoxy groups -OCH3 is 1. The molecule has 1 aliphatic heterocycles. The summed E-state index contributed by atoms with van der Waals surface area (Å²) < 4.78 is 5.66. The summed E-state index contributed by atoms with van der Waals surface area (Å²) in [6.07, 6.45) is 17.0. The quantitative estimate of drug-likeness (QED) is 0.547. The van der Waals surface area contributed by atoms with Crippen LogP contribution < -0.4 is 5.32 Å². The van der Waals surface area contributed by atoms with Gasteiger partial charge in [0, 0.05) is 31.1 Å². The summed E-state index contributed by atoms with van der Waals surface area (Å²) in [5.74, 6) is 0. The van der Waals surface area contributed by atoms with E-state index in [1.165, 1.54) is 30.5 Å². The highest BCUT2D eigenvalue weighted by Gasteiger charge is 2.38. The third-order valence-electron chi connectivity index (χ3n) is 4.17. The Morgan fingerprint density at radius 1 is 1.38 bits per heavy atom. The van der Waals surface area contributed by atoms with Gasteiger partial charge in [0.05, 0.1) is 0 Å². The summed E-state index contributed by atoms with van der Waals surface area (Å²) in [5.41, 5.74) is 2.04. The van der Waals surface area contributed by atoms with Crippen molar-refractivity contribution >= 4 is 6.21 Å². The molecule has 0 amide bonds. The third kappa shape index (κ3) is 3.73. The monoisotopic (exact) mass is 286 g/mol. The predicted molar refractivity (Wildman–Crippen MR) is 89.7 cm³/mol. The number of allylic oxidation sites excluding steroid dienone is 4. The lowest BCUT2D eigenvalue weighted by molar-refractivity contribution is 0.0353. The summed E-state index contributed by atoms with van der Waals surface area (Å²) in [4.78, 5) is 4.60. The number of hydrogen-bond acceptors (Lipinski definition) is 3. The third-order valence-corrected chi connectivity index (χ3v) is 4.17. The van der Waals surface area contributed by atoms with Crippen LogP contribution in [-0.4, -0.2) is 31.5 Å². The van der Waals surface area contributed by atoms with Crippen molar-refractivity contribution in [3.8, 4) is 0 Å². The maximum atomic E-state index is 5.66. The van der Waals surface area contributed by atoms with E-state index in [9.17, 15) is 0 Å². The first-order chi connectivity index (χ1) is 10.2. The van der Waals surface area contributed by atoms with Crippen LogP contribution in [0.4, 0.5) is 0 Å². The van der Waals surface area contributed by atoms with Gasteiger partial charge in [-0.3, -0.25) is 4.99 Å². The molecule has 114 valence electrons. The second-order valence-corrected chi connectivity index (χ2v) is 5.71. The van der Waals surface area contributed by atoms with E-state index in [2.05, 4.69) is 48.1 Å². The highest BCUT2D eigenvalue weighted by molar-refractivity contribution is 5.77. The number of hydrogen-bond donors (Lipinski definition) is 1. The van der Waals surface area contributed by atoms with Gasteiger partial charge in [-0.1, -0.05) is 30.7 Å². The molecule has 1 heterocycles. The number of ether oxygens (including phenoxy) is 1. The number of fused-ring (bicyclic) bond motifs is 1. The maximum absolute atomic E-state index is 5.66. The molecule has 3 heteroatoms. The van der Waals surface area contributed by atoms with Crippen LogP contribution in [0.3, 0.4) is 0 Å².